The Morgan fingerprint density at radius 1 is 0.923 bits per heavy atom. The van der Waals surface area contributed by atoms with Crippen LogP contribution in [0.2, 0.25) is 0 Å². The lowest BCUT2D eigenvalue weighted by Crippen LogP contribution is -2.47. The number of amides is 2. The van der Waals surface area contributed by atoms with Gasteiger partial charge in [0, 0.05) is 25.6 Å². The Morgan fingerprint density at radius 3 is 2.13 bits per heavy atom. The van der Waals surface area contributed by atoms with Crippen molar-refractivity contribution in [2.45, 2.75) is 69.6 Å². The lowest BCUT2D eigenvalue weighted by molar-refractivity contribution is -0.140. The molecule has 0 saturated heterocycles. The van der Waals surface area contributed by atoms with Gasteiger partial charge in [-0.3, -0.25) is 9.59 Å². The summed E-state index contributed by atoms with van der Waals surface area (Å²) >= 11 is 0. The van der Waals surface area contributed by atoms with Crippen molar-refractivity contribution < 1.29 is 22.4 Å². The number of hydrogen-bond acceptors (Lipinski definition) is 4. The molecule has 1 fully saturated rings. The van der Waals surface area contributed by atoms with E-state index in [9.17, 15) is 22.4 Å². The second-order valence-electron chi connectivity index (χ2n) is 10.1. The Hall–Kier alpha value is -3.56. The second-order valence-corrected chi connectivity index (χ2v) is 11.8. The summed E-state index contributed by atoms with van der Waals surface area (Å²) in [7, 11) is -3.54. The number of hydrogen-bond donors (Lipinski definition) is 2. The molecular weight excluding hydrogens is 517 g/mol. The Kier molecular flexibility index (Phi) is 9.14. The van der Waals surface area contributed by atoms with Crippen molar-refractivity contribution in [2.24, 2.45) is 0 Å². The number of nitrogens with zero attached hydrogens (tertiary/aromatic N) is 1. The van der Waals surface area contributed by atoms with Gasteiger partial charge in [0.05, 0.1) is 4.90 Å². The van der Waals surface area contributed by atoms with Gasteiger partial charge >= 0.3 is 0 Å². The van der Waals surface area contributed by atoms with Gasteiger partial charge in [0.25, 0.3) is 0 Å². The summed E-state index contributed by atoms with van der Waals surface area (Å²) in [5.74, 6) is -0.897. The summed E-state index contributed by atoms with van der Waals surface area (Å²) < 4.78 is 40.9. The third kappa shape index (κ3) is 8.21. The molecule has 2 N–H and O–H groups in total. The topological polar surface area (TPSA) is 95.6 Å². The minimum Gasteiger partial charge on any atom is -0.350 e. The molecule has 1 saturated carbocycles. The normalized spacial score (nSPS) is 14.0. The summed E-state index contributed by atoms with van der Waals surface area (Å²) in [4.78, 5) is 28.1. The van der Waals surface area contributed by atoms with E-state index < -0.39 is 16.1 Å². The van der Waals surface area contributed by atoms with Crippen LogP contribution in [0.3, 0.4) is 0 Å². The Morgan fingerprint density at radius 2 is 1.51 bits per heavy atom. The maximum atomic E-state index is 13.4. The predicted molar refractivity (Wildman–Crippen MR) is 148 cm³/mol. The molecule has 1 aliphatic rings. The average Bonchev–Trinajstić information content (AvgIpc) is 3.74. The number of aryl methyl sites for hydroxylation is 2. The molecule has 206 valence electrons. The first-order chi connectivity index (χ1) is 18.6. The molecule has 0 heterocycles. The van der Waals surface area contributed by atoms with Crippen LogP contribution in [0.15, 0.2) is 77.7 Å². The zero-order valence-corrected chi connectivity index (χ0v) is 23.0. The van der Waals surface area contributed by atoms with Gasteiger partial charge in [0.1, 0.15) is 11.9 Å². The monoisotopic (exact) mass is 551 g/mol. The number of carbonyl (C=O) groups excluding carboxylic acids is 2. The molecule has 7 nitrogen and oxygen atoms in total. The minimum absolute atomic E-state index is 0.0236. The predicted octanol–water partition coefficient (Wildman–Crippen LogP) is 4.24. The van der Waals surface area contributed by atoms with Gasteiger partial charge in [0.15, 0.2) is 0 Å². The van der Waals surface area contributed by atoms with Crippen LogP contribution in [0.4, 0.5) is 4.39 Å². The summed E-state index contributed by atoms with van der Waals surface area (Å²) in [6, 6.07) is 19.5. The van der Waals surface area contributed by atoms with Gasteiger partial charge in [0.2, 0.25) is 21.8 Å². The smallest absolute Gasteiger partial charge is 0.242 e. The first-order valence-electron chi connectivity index (χ1n) is 13.1. The number of nitrogens with one attached hydrogen (secondary N) is 2. The summed E-state index contributed by atoms with van der Waals surface area (Å²) in [5, 5.41) is 2.90. The van der Waals surface area contributed by atoms with Crippen molar-refractivity contribution in [3.05, 3.63) is 101 Å². The van der Waals surface area contributed by atoms with Crippen molar-refractivity contribution in [2.75, 3.05) is 0 Å². The van der Waals surface area contributed by atoms with E-state index in [4.69, 9.17) is 0 Å². The third-order valence-electron chi connectivity index (χ3n) is 6.78. The van der Waals surface area contributed by atoms with Crippen molar-refractivity contribution in [1.29, 1.82) is 0 Å². The highest BCUT2D eigenvalue weighted by atomic mass is 32.2. The van der Waals surface area contributed by atoms with E-state index in [1.54, 1.807) is 43.3 Å². The van der Waals surface area contributed by atoms with Crippen molar-refractivity contribution in [1.82, 2.24) is 14.9 Å². The van der Waals surface area contributed by atoms with Crippen molar-refractivity contribution in [3.63, 3.8) is 0 Å². The number of benzene rings is 3. The lowest BCUT2D eigenvalue weighted by atomic mass is 10.1. The standard InChI is InChI=1S/C30H34FN3O4S/c1-21-3-5-24(6-4-21)19-32-30(36)22(2)34(20-25-7-12-26(31)13-8-25)29(35)18-11-23-9-16-28(17-10-23)39(37,38)33-27-14-15-27/h3-10,12-13,16-17,22,27,33H,11,14-15,18-20H2,1-2H3,(H,32,36)/t22-/m1/s1. The minimum atomic E-state index is -3.54. The van der Waals surface area contributed by atoms with Gasteiger partial charge in [-0.05, 0) is 74.1 Å². The molecule has 2 amide bonds. The van der Waals surface area contributed by atoms with E-state index in [0.717, 1.165) is 29.5 Å². The van der Waals surface area contributed by atoms with Crippen LogP contribution < -0.4 is 10.0 Å². The van der Waals surface area contributed by atoms with Gasteiger partial charge in [-0.2, -0.15) is 0 Å². The number of rotatable bonds is 12. The molecule has 3 aromatic carbocycles. The molecule has 4 rings (SSSR count). The maximum absolute atomic E-state index is 13.4. The number of sulfonamides is 1. The summed E-state index contributed by atoms with van der Waals surface area (Å²) in [6.45, 7) is 4.17. The summed E-state index contributed by atoms with van der Waals surface area (Å²) in [5.41, 5.74) is 3.60. The largest absolute Gasteiger partial charge is 0.350 e. The Bertz CT molecular complexity index is 1390. The van der Waals surface area contributed by atoms with Gasteiger partial charge in [-0.25, -0.2) is 17.5 Å². The van der Waals surface area contributed by atoms with Gasteiger partial charge in [-0.15, -0.1) is 0 Å². The number of halogens is 1. The van der Waals surface area contributed by atoms with E-state index in [0.29, 0.717) is 18.5 Å². The molecule has 1 aliphatic carbocycles. The van der Waals surface area contributed by atoms with Crippen LogP contribution in [0.5, 0.6) is 0 Å². The van der Waals surface area contributed by atoms with Gasteiger partial charge in [-0.1, -0.05) is 54.1 Å². The molecule has 0 bridgehead atoms. The fraction of sp³-hybridized carbons (Fsp3) is 0.333. The van der Waals surface area contributed by atoms with E-state index >= 15 is 0 Å². The molecule has 0 aromatic heterocycles. The average molecular weight is 552 g/mol. The van der Waals surface area contributed by atoms with Crippen molar-refractivity contribution >= 4 is 21.8 Å². The zero-order valence-electron chi connectivity index (χ0n) is 22.2. The highest BCUT2D eigenvalue weighted by molar-refractivity contribution is 7.89. The first-order valence-corrected chi connectivity index (χ1v) is 14.6. The fourth-order valence-electron chi connectivity index (χ4n) is 4.13. The Balaban J connectivity index is 1.41. The molecule has 1 atom stereocenters. The second kappa shape index (κ2) is 12.5. The third-order valence-corrected chi connectivity index (χ3v) is 8.32. The molecule has 0 spiro atoms. The molecule has 0 aliphatic heterocycles. The van der Waals surface area contributed by atoms with E-state index in [-0.39, 0.29) is 41.5 Å². The van der Waals surface area contributed by atoms with Crippen LogP contribution in [0, 0.1) is 12.7 Å². The molecule has 0 radical (unpaired) electrons. The highest BCUT2D eigenvalue weighted by Gasteiger charge is 2.28. The molecule has 0 unspecified atom stereocenters. The van der Waals surface area contributed by atoms with Crippen LogP contribution in [0.1, 0.15) is 48.4 Å². The fourth-order valence-corrected chi connectivity index (χ4v) is 5.44. The Labute approximate surface area is 229 Å². The number of carbonyl (C=O) groups is 2. The van der Waals surface area contributed by atoms with E-state index in [2.05, 4.69) is 10.0 Å². The maximum Gasteiger partial charge on any atom is 0.242 e. The van der Waals surface area contributed by atoms with Crippen molar-refractivity contribution in [3.8, 4) is 0 Å². The molecular formula is C30H34FN3O4S. The van der Waals surface area contributed by atoms with Crippen LogP contribution in [-0.2, 0) is 39.1 Å². The van der Waals surface area contributed by atoms with E-state index in [1.165, 1.54) is 17.0 Å². The lowest BCUT2D eigenvalue weighted by Gasteiger charge is -2.29. The van der Waals surface area contributed by atoms with Crippen LogP contribution in [-0.4, -0.2) is 37.2 Å². The highest BCUT2D eigenvalue weighted by Crippen LogP contribution is 2.22. The molecule has 9 heteroatoms. The van der Waals surface area contributed by atoms with Gasteiger partial charge < -0.3 is 10.2 Å². The first kappa shape index (κ1) is 28.4. The quantitative estimate of drug-likeness (QED) is 0.352. The van der Waals surface area contributed by atoms with E-state index in [1.807, 2.05) is 31.2 Å². The van der Waals surface area contributed by atoms with Crippen LogP contribution in [0.25, 0.3) is 0 Å². The SMILES string of the molecule is Cc1ccc(CNC(=O)[C@@H](C)N(Cc2ccc(F)cc2)C(=O)CCc2ccc(S(=O)(=O)NC3CC3)cc2)cc1. The molecule has 3 aromatic rings. The summed E-state index contributed by atoms with van der Waals surface area (Å²) in [6.07, 6.45) is 2.22. The molecule has 39 heavy (non-hydrogen) atoms. The van der Waals surface area contributed by atoms with Crippen LogP contribution >= 0.6 is 0 Å². The zero-order chi connectivity index (χ0) is 28.0.